The molecule has 2 aromatic carbocycles. The lowest BCUT2D eigenvalue weighted by atomic mass is 10.1. The van der Waals surface area contributed by atoms with Gasteiger partial charge in [0.2, 0.25) is 5.91 Å². The van der Waals surface area contributed by atoms with Gasteiger partial charge < -0.3 is 5.32 Å². The number of imidazole rings is 1. The molecule has 1 atom stereocenters. The molecule has 0 fully saturated rings. The van der Waals surface area contributed by atoms with E-state index in [1.807, 2.05) is 65.7 Å². The average molecular weight is 478 g/mol. The Bertz CT molecular complexity index is 1260. The van der Waals surface area contributed by atoms with Gasteiger partial charge >= 0.3 is 0 Å². The Morgan fingerprint density at radius 1 is 1.09 bits per heavy atom. The monoisotopic (exact) mass is 477 g/mol. The molecule has 0 aliphatic rings. The van der Waals surface area contributed by atoms with E-state index in [1.165, 1.54) is 18.3 Å². The molecule has 0 aliphatic carbocycles. The number of benzene rings is 2. The molecule has 2 aromatic heterocycles. The molecule has 4 rings (SSSR count). The zero-order valence-electron chi connectivity index (χ0n) is 18.4. The van der Waals surface area contributed by atoms with Crippen molar-refractivity contribution in [3.05, 3.63) is 77.4 Å². The first-order valence-corrected chi connectivity index (χ1v) is 12.4. The molecule has 4 aromatic rings. The van der Waals surface area contributed by atoms with E-state index in [0.29, 0.717) is 10.7 Å². The number of thioether (sulfide) groups is 1. The summed E-state index contributed by atoms with van der Waals surface area (Å²) in [7, 11) is 0. The standard InChI is InChI=1S/C24H23N5O2S2/c1-15(26-16(2)30)17-4-6-18(7-5-17)21-14-33-23(27-21)28-22(31)19-8-10-20(11-9-19)29-13-12-25-24(29)32-3/h4-15H,1-3H3,(H,26,30)(H,27,28,31). The second kappa shape index (κ2) is 10.0. The zero-order valence-corrected chi connectivity index (χ0v) is 20.0. The molecule has 7 nitrogen and oxygen atoms in total. The quantitative estimate of drug-likeness (QED) is 0.359. The van der Waals surface area contributed by atoms with Crippen LogP contribution in [0.3, 0.4) is 0 Å². The van der Waals surface area contributed by atoms with Crippen LogP contribution in [0, 0.1) is 0 Å². The van der Waals surface area contributed by atoms with Gasteiger partial charge in [0.15, 0.2) is 10.3 Å². The lowest BCUT2D eigenvalue weighted by Gasteiger charge is -2.13. The van der Waals surface area contributed by atoms with Crippen molar-refractivity contribution in [3.8, 4) is 16.9 Å². The summed E-state index contributed by atoms with van der Waals surface area (Å²) in [5.41, 5.74) is 4.24. The highest BCUT2D eigenvalue weighted by Gasteiger charge is 2.12. The maximum Gasteiger partial charge on any atom is 0.257 e. The molecule has 0 radical (unpaired) electrons. The lowest BCUT2D eigenvalue weighted by Crippen LogP contribution is -2.23. The van der Waals surface area contributed by atoms with Crippen LogP contribution in [-0.4, -0.2) is 32.6 Å². The van der Waals surface area contributed by atoms with Crippen molar-refractivity contribution >= 4 is 40.0 Å². The number of carbonyl (C=O) groups is 2. The number of nitrogens with zero attached hydrogens (tertiary/aromatic N) is 3. The normalized spacial score (nSPS) is 11.7. The molecular formula is C24H23N5O2S2. The van der Waals surface area contributed by atoms with Crippen LogP contribution in [0.15, 0.2) is 71.5 Å². The molecular weight excluding hydrogens is 454 g/mol. The van der Waals surface area contributed by atoms with Crippen LogP contribution in [0.25, 0.3) is 16.9 Å². The third-order valence-electron chi connectivity index (χ3n) is 5.05. The summed E-state index contributed by atoms with van der Waals surface area (Å²) in [4.78, 5) is 32.8. The van der Waals surface area contributed by atoms with E-state index >= 15 is 0 Å². The van der Waals surface area contributed by atoms with Gasteiger partial charge in [-0.2, -0.15) is 0 Å². The Hall–Kier alpha value is -3.43. The summed E-state index contributed by atoms with van der Waals surface area (Å²) in [5, 5.41) is 9.08. The Balaban J connectivity index is 1.42. The van der Waals surface area contributed by atoms with Gasteiger partial charge in [-0.3, -0.25) is 19.5 Å². The summed E-state index contributed by atoms with van der Waals surface area (Å²) in [6.07, 6.45) is 5.62. The highest BCUT2D eigenvalue weighted by molar-refractivity contribution is 7.98. The van der Waals surface area contributed by atoms with E-state index in [9.17, 15) is 9.59 Å². The number of thiazole rings is 1. The minimum absolute atomic E-state index is 0.0608. The molecule has 1 unspecified atom stereocenters. The molecule has 0 bridgehead atoms. The number of anilines is 1. The molecule has 0 spiro atoms. The lowest BCUT2D eigenvalue weighted by molar-refractivity contribution is -0.119. The third-order valence-corrected chi connectivity index (χ3v) is 6.47. The van der Waals surface area contributed by atoms with Gasteiger partial charge in [-0.15, -0.1) is 11.3 Å². The molecule has 33 heavy (non-hydrogen) atoms. The van der Waals surface area contributed by atoms with Gasteiger partial charge in [0.25, 0.3) is 5.91 Å². The van der Waals surface area contributed by atoms with Crippen molar-refractivity contribution in [2.24, 2.45) is 0 Å². The molecule has 2 amide bonds. The van der Waals surface area contributed by atoms with Crippen molar-refractivity contribution < 1.29 is 9.59 Å². The van der Waals surface area contributed by atoms with E-state index in [-0.39, 0.29) is 17.9 Å². The minimum atomic E-state index is -0.211. The van der Waals surface area contributed by atoms with Gasteiger partial charge in [-0.1, -0.05) is 36.0 Å². The van der Waals surface area contributed by atoms with E-state index < -0.39 is 0 Å². The Kier molecular flexibility index (Phi) is 6.90. The summed E-state index contributed by atoms with van der Waals surface area (Å²) < 4.78 is 1.97. The van der Waals surface area contributed by atoms with E-state index in [1.54, 1.807) is 30.1 Å². The Morgan fingerprint density at radius 3 is 2.48 bits per heavy atom. The fourth-order valence-electron chi connectivity index (χ4n) is 3.37. The van der Waals surface area contributed by atoms with Gasteiger partial charge in [-0.25, -0.2) is 9.97 Å². The first-order chi connectivity index (χ1) is 15.9. The number of hydrogen-bond donors (Lipinski definition) is 2. The second-order valence-corrected chi connectivity index (χ2v) is 9.00. The smallest absolute Gasteiger partial charge is 0.257 e. The van der Waals surface area contributed by atoms with Crippen LogP contribution < -0.4 is 10.6 Å². The van der Waals surface area contributed by atoms with Gasteiger partial charge in [-0.05, 0) is 43.0 Å². The van der Waals surface area contributed by atoms with Crippen molar-refractivity contribution in [1.29, 1.82) is 0 Å². The Labute approximate surface area is 200 Å². The van der Waals surface area contributed by atoms with Crippen LogP contribution >= 0.6 is 23.1 Å². The van der Waals surface area contributed by atoms with Crippen molar-refractivity contribution in [1.82, 2.24) is 19.9 Å². The van der Waals surface area contributed by atoms with Gasteiger partial charge in [0.1, 0.15) is 0 Å². The number of rotatable bonds is 7. The largest absolute Gasteiger partial charge is 0.350 e. The van der Waals surface area contributed by atoms with Crippen molar-refractivity contribution in [2.75, 3.05) is 11.6 Å². The predicted octanol–water partition coefficient (Wildman–Crippen LogP) is 5.17. The molecule has 9 heteroatoms. The minimum Gasteiger partial charge on any atom is -0.350 e. The fraction of sp³-hybridized carbons (Fsp3) is 0.167. The molecule has 0 saturated carbocycles. The average Bonchev–Trinajstić information content (AvgIpc) is 3.48. The maximum atomic E-state index is 12.7. The third kappa shape index (κ3) is 5.32. The van der Waals surface area contributed by atoms with E-state index in [2.05, 4.69) is 20.6 Å². The van der Waals surface area contributed by atoms with Crippen LogP contribution in [0.4, 0.5) is 5.13 Å². The SMILES string of the molecule is CSc1nccn1-c1ccc(C(=O)Nc2nc(-c3ccc(C(C)NC(C)=O)cc3)cs2)cc1. The highest BCUT2D eigenvalue weighted by atomic mass is 32.2. The molecule has 168 valence electrons. The predicted molar refractivity (Wildman–Crippen MR) is 133 cm³/mol. The number of hydrogen-bond acceptors (Lipinski definition) is 6. The summed E-state index contributed by atoms with van der Waals surface area (Å²) >= 11 is 2.94. The second-order valence-electron chi connectivity index (χ2n) is 7.37. The zero-order chi connectivity index (χ0) is 23.4. The van der Waals surface area contributed by atoms with E-state index in [4.69, 9.17) is 0 Å². The van der Waals surface area contributed by atoms with Crippen LogP contribution in [-0.2, 0) is 4.79 Å². The number of aromatic nitrogens is 3. The molecule has 0 saturated heterocycles. The molecule has 2 heterocycles. The Morgan fingerprint density at radius 2 is 1.82 bits per heavy atom. The first kappa shape index (κ1) is 22.8. The first-order valence-electron chi connectivity index (χ1n) is 10.3. The summed E-state index contributed by atoms with van der Waals surface area (Å²) in [5.74, 6) is -0.273. The topological polar surface area (TPSA) is 88.9 Å². The number of amides is 2. The fourth-order valence-corrected chi connectivity index (χ4v) is 4.62. The van der Waals surface area contributed by atoms with Crippen LogP contribution in [0.5, 0.6) is 0 Å². The maximum absolute atomic E-state index is 12.7. The van der Waals surface area contributed by atoms with Crippen LogP contribution in [0.2, 0.25) is 0 Å². The van der Waals surface area contributed by atoms with Gasteiger partial charge in [0, 0.05) is 41.5 Å². The molecule has 2 N–H and O–H groups in total. The summed E-state index contributed by atoms with van der Waals surface area (Å²) in [6, 6.07) is 15.2. The number of nitrogens with one attached hydrogen (secondary N) is 2. The number of carbonyl (C=O) groups excluding carboxylic acids is 2. The van der Waals surface area contributed by atoms with E-state index in [0.717, 1.165) is 27.7 Å². The van der Waals surface area contributed by atoms with Crippen LogP contribution in [0.1, 0.15) is 35.8 Å². The van der Waals surface area contributed by atoms with Gasteiger partial charge in [0.05, 0.1) is 11.7 Å². The summed E-state index contributed by atoms with van der Waals surface area (Å²) in [6.45, 7) is 3.45. The highest BCUT2D eigenvalue weighted by Crippen LogP contribution is 2.27. The van der Waals surface area contributed by atoms with Crippen molar-refractivity contribution in [2.45, 2.75) is 25.0 Å². The molecule has 0 aliphatic heterocycles. The van der Waals surface area contributed by atoms with Crippen molar-refractivity contribution in [3.63, 3.8) is 0 Å².